The molecule has 2 fully saturated rings. The van der Waals surface area contributed by atoms with Gasteiger partial charge in [-0.05, 0) is 27.2 Å². The van der Waals surface area contributed by atoms with Crippen molar-refractivity contribution in [3.63, 3.8) is 0 Å². The fraction of sp³-hybridized carbons (Fsp3) is 0.474. The van der Waals surface area contributed by atoms with Crippen LogP contribution >= 0.6 is 0 Å². The minimum atomic E-state index is -0.472. The van der Waals surface area contributed by atoms with E-state index >= 15 is 0 Å². The highest BCUT2D eigenvalue weighted by Crippen LogP contribution is 2.32. The molecule has 0 radical (unpaired) electrons. The van der Waals surface area contributed by atoms with Crippen LogP contribution in [-0.4, -0.2) is 52.5 Å². The molecule has 0 aliphatic carbocycles. The summed E-state index contributed by atoms with van der Waals surface area (Å²) in [6.45, 7) is 7.04. The lowest BCUT2D eigenvalue weighted by atomic mass is 10.1. The molecule has 2 aliphatic heterocycles. The van der Waals surface area contributed by atoms with Gasteiger partial charge in [-0.25, -0.2) is 4.79 Å². The molecule has 0 unspecified atom stereocenters. The molecule has 1 aromatic rings. The van der Waals surface area contributed by atoms with Crippen molar-refractivity contribution in [2.45, 2.75) is 44.9 Å². The smallest absolute Gasteiger partial charge is 0.410 e. The predicted molar refractivity (Wildman–Crippen MR) is 91.8 cm³/mol. The van der Waals surface area contributed by atoms with E-state index in [-0.39, 0.29) is 24.0 Å². The van der Waals surface area contributed by atoms with Gasteiger partial charge in [0.1, 0.15) is 5.60 Å². The molecule has 24 heavy (non-hydrogen) atoms. The molecule has 0 spiro atoms. The van der Waals surface area contributed by atoms with E-state index in [1.165, 1.54) is 0 Å². The first-order valence-electron chi connectivity index (χ1n) is 8.36. The van der Waals surface area contributed by atoms with E-state index in [1.807, 2.05) is 62.2 Å². The molecular weight excluding hydrogens is 304 g/mol. The summed E-state index contributed by atoms with van der Waals surface area (Å²) in [4.78, 5) is 28.3. The van der Waals surface area contributed by atoms with Gasteiger partial charge in [0.25, 0.3) is 0 Å². The van der Waals surface area contributed by atoms with Gasteiger partial charge in [-0.1, -0.05) is 30.3 Å². The summed E-state index contributed by atoms with van der Waals surface area (Å²) in [5.41, 5.74) is 0.217. The van der Waals surface area contributed by atoms with Crippen LogP contribution in [-0.2, 0) is 4.74 Å². The van der Waals surface area contributed by atoms with Gasteiger partial charge in [0, 0.05) is 37.0 Å². The van der Waals surface area contributed by atoms with E-state index in [9.17, 15) is 9.59 Å². The number of carbonyl (C=O) groups is 2. The summed E-state index contributed by atoms with van der Waals surface area (Å²) in [6, 6.07) is 9.67. The maximum atomic E-state index is 12.2. The Morgan fingerprint density at radius 2 is 1.83 bits per heavy atom. The lowest BCUT2D eigenvalue weighted by molar-refractivity contribution is 0.0158. The maximum Gasteiger partial charge on any atom is 0.410 e. The largest absolute Gasteiger partial charge is 0.444 e. The van der Waals surface area contributed by atoms with Crippen molar-refractivity contribution in [1.29, 1.82) is 0 Å². The number of piperazine rings is 1. The van der Waals surface area contributed by atoms with Crippen molar-refractivity contribution < 1.29 is 14.3 Å². The third-order valence-corrected chi connectivity index (χ3v) is 4.39. The first kappa shape index (κ1) is 16.6. The van der Waals surface area contributed by atoms with Crippen LogP contribution in [0.2, 0.25) is 0 Å². The Bertz CT molecular complexity index is 648. The van der Waals surface area contributed by atoms with E-state index in [2.05, 4.69) is 4.90 Å². The van der Waals surface area contributed by atoms with Crippen LogP contribution in [0.1, 0.15) is 37.6 Å². The van der Waals surface area contributed by atoms with Crippen molar-refractivity contribution in [3.05, 3.63) is 48.2 Å². The predicted octanol–water partition coefficient (Wildman–Crippen LogP) is 3.08. The molecule has 5 nitrogen and oxygen atoms in total. The fourth-order valence-electron chi connectivity index (χ4n) is 3.29. The fourth-order valence-corrected chi connectivity index (χ4v) is 3.29. The summed E-state index contributed by atoms with van der Waals surface area (Å²) >= 11 is 0. The van der Waals surface area contributed by atoms with Gasteiger partial charge in [0.05, 0.1) is 6.04 Å². The van der Waals surface area contributed by atoms with Crippen LogP contribution in [0.25, 0.3) is 0 Å². The molecule has 0 N–H and O–H groups in total. The van der Waals surface area contributed by atoms with Crippen LogP contribution in [0.4, 0.5) is 4.79 Å². The van der Waals surface area contributed by atoms with Gasteiger partial charge in [-0.15, -0.1) is 0 Å². The van der Waals surface area contributed by atoms with Crippen LogP contribution in [0.3, 0.4) is 0 Å². The van der Waals surface area contributed by atoms with E-state index in [4.69, 9.17) is 4.74 Å². The molecule has 128 valence electrons. The van der Waals surface area contributed by atoms with E-state index in [1.54, 1.807) is 6.08 Å². The molecular formula is C19H24N2O3. The molecule has 2 aliphatic rings. The number of nitrogens with zero attached hydrogens (tertiary/aromatic N) is 2. The summed E-state index contributed by atoms with van der Waals surface area (Å²) < 4.78 is 5.46. The summed E-state index contributed by atoms with van der Waals surface area (Å²) in [5.74, 6) is 0.00220. The highest BCUT2D eigenvalue weighted by atomic mass is 16.6. The quantitative estimate of drug-likeness (QED) is 0.632. The van der Waals surface area contributed by atoms with Crippen molar-refractivity contribution in [1.82, 2.24) is 9.80 Å². The molecule has 1 amide bonds. The number of ether oxygens (including phenoxy) is 1. The first-order chi connectivity index (χ1) is 11.3. The number of rotatable bonds is 3. The highest BCUT2D eigenvalue weighted by Gasteiger charge is 2.45. The van der Waals surface area contributed by atoms with Crippen molar-refractivity contribution in [2.24, 2.45) is 0 Å². The van der Waals surface area contributed by atoms with E-state index in [0.29, 0.717) is 12.1 Å². The third-order valence-electron chi connectivity index (χ3n) is 4.39. The molecule has 3 rings (SSSR count). The maximum absolute atomic E-state index is 12.2. The normalized spacial score (nSPS) is 23.1. The number of benzene rings is 1. The summed E-state index contributed by atoms with van der Waals surface area (Å²) in [7, 11) is 0. The monoisotopic (exact) mass is 328 g/mol. The molecule has 1 aromatic carbocycles. The Hall–Kier alpha value is -2.30. The zero-order valence-corrected chi connectivity index (χ0v) is 14.4. The zero-order valence-electron chi connectivity index (χ0n) is 14.4. The number of carbonyl (C=O) groups excluding carboxylic acids is 2. The van der Waals surface area contributed by atoms with Crippen LogP contribution < -0.4 is 0 Å². The Kier molecular flexibility index (Phi) is 4.35. The lowest BCUT2D eigenvalue weighted by Gasteiger charge is -2.34. The van der Waals surface area contributed by atoms with Gasteiger partial charge in [-0.2, -0.15) is 0 Å². The molecule has 0 aromatic heterocycles. The molecule has 2 saturated heterocycles. The average Bonchev–Trinajstić information content (AvgIpc) is 3.12. The van der Waals surface area contributed by atoms with Crippen LogP contribution in [0.15, 0.2) is 42.6 Å². The standard InChI is InChI=1S/C19H24N2O3/c1-19(2,3)24-18(23)21-13-15-11-16(21)12-20(15)10-9-17(22)14-7-5-4-6-8-14/h4-10,15-16H,11-13H2,1-3H3/b10-9+/t15-,16-/m1/s1. The van der Waals surface area contributed by atoms with Gasteiger partial charge >= 0.3 is 6.09 Å². The average molecular weight is 328 g/mol. The van der Waals surface area contributed by atoms with Gasteiger partial charge in [0.2, 0.25) is 0 Å². The zero-order chi connectivity index (χ0) is 17.3. The van der Waals surface area contributed by atoms with Gasteiger partial charge in [0.15, 0.2) is 5.78 Å². The van der Waals surface area contributed by atoms with Crippen molar-refractivity contribution in [2.75, 3.05) is 13.1 Å². The third kappa shape index (κ3) is 3.61. The minimum Gasteiger partial charge on any atom is -0.444 e. The van der Waals surface area contributed by atoms with Gasteiger partial charge < -0.3 is 14.5 Å². The topological polar surface area (TPSA) is 49.9 Å². The number of ketones is 1. The second-order valence-corrected chi connectivity index (χ2v) is 7.42. The summed E-state index contributed by atoms with van der Waals surface area (Å²) in [6.07, 6.45) is 4.18. The molecule has 5 heteroatoms. The van der Waals surface area contributed by atoms with E-state index in [0.717, 1.165) is 13.0 Å². The Balaban J connectivity index is 1.57. The highest BCUT2D eigenvalue weighted by molar-refractivity contribution is 6.04. The SMILES string of the molecule is CC(C)(C)OC(=O)N1C[C@H]2C[C@@H]1CN2/C=C/C(=O)c1ccccc1. The number of fused-ring (bicyclic) bond motifs is 2. The minimum absolute atomic E-state index is 0.00220. The molecule has 0 saturated carbocycles. The lowest BCUT2D eigenvalue weighted by Crippen LogP contribution is -2.48. The number of hydrogen-bond donors (Lipinski definition) is 0. The first-order valence-corrected chi connectivity index (χ1v) is 8.36. The number of allylic oxidation sites excluding steroid dienone is 1. The Morgan fingerprint density at radius 3 is 2.42 bits per heavy atom. The van der Waals surface area contributed by atoms with Crippen LogP contribution in [0, 0.1) is 0 Å². The number of hydrogen-bond acceptors (Lipinski definition) is 4. The Morgan fingerprint density at radius 1 is 1.12 bits per heavy atom. The number of amides is 1. The number of likely N-dealkylation sites (tertiary alicyclic amines) is 2. The van der Waals surface area contributed by atoms with Gasteiger partial charge in [-0.3, -0.25) is 4.79 Å². The second-order valence-electron chi connectivity index (χ2n) is 7.42. The van der Waals surface area contributed by atoms with Crippen LogP contribution in [0.5, 0.6) is 0 Å². The molecule has 2 atom stereocenters. The van der Waals surface area contributed by atoms with Crippen molar-refractivity contribution >= 4 is 11.9 Å². The second kappa shape index (κ2) is 6.30. The molecule has 2 bridgehead atoms. The van der Waals surface area contributed by atoms with E-state index < -0.39 is 5.60 Å². The Labute approximate surface area is 142 Å². The summed E-state index contributed by atoms with van der Waals surface area (Å²) in [5, 5.41) is 0. The molecule has 2 heterocycles. The van der Waals surface area contributed by atoms with Crippen molar-refractivity contribution in [3.8, 4) is 0 Å².